The number of amides is 2. The summed E-state index contributed by atoms with van der Waals surface area (Å²) in [5.41, 5.74) is 2.99. The topological polar surface area (TPSA) is 94.9 Å². The number of imide groups is 1. The fraction of sp³-hybridized carbons (Fsp3) is 0.231. The van der Waals surface area contributed by atoms with Gasteiger partial charge < -0.3 is 14.0 Å². The lowest BCUT2D eigenvalue weighted by atomic mass is 10.1. The van der Waals surface area contributed by atoms with Crippen LogP contribution < -0.4 is 9.64 Å². The van der Waals surface area contributed by atoms with Gasteiger partial charge in [-0.1, -0.05) is 0 Å². The number of benzene rings is 2. The number of anilines is 1. The van der Waals surface area contributed by atoms with Crippen molar-refractivity contribution in [1.29, 1.82) is 0 Å². The molecule has 3 aromatic rings. The number of fused-ring (bicyclic) bond motifs is 1. The number of esters is 1. The van der Waals surface area contributed by atoms with Gasteiger partial charge in [0.2, 0.25) is 5.78 Å². The fourth-order valence-electron chi connectivity index (χ4n) is 3.89. The normalized spacial score (nSPS) is 12.6. The third kappa shape index (κ3) is 3.98. The van der Waals surface area contributed by atoms with Crippen LogP contribution in [0.4, 0.5) is 5.69 Å². The number of hydrogen-bond donors (Lipinski definition) is 0. The molecule has 4 rings (SSSR count). The molecule has 0 saturated heterocycles. The third-order valence-corrected chi connectivity index (χ3v) is 5.94. The lowest BCUT2D eigenvalue weighted by Crippen LogP contribution is -2.29. The molecule has 8 nitrogen and oxygen atoms in total. The van der Waals surface area contributed by atoms with E-state index in [2.05, 4.69) is 0 Å². The first-order valence-corrected chi connectivity index (χ1v) is 10.8. The van der Waals surface area contributed by atoms with Gasteiger partial charge >= 0.3 is 5.97 Å². The zero-order valence-electron chi connectivity index (χ0n) is 19.4. The number of carbonyl (C=O) groups is 4. The monoisotopic (exact) mass is 460 g/mol. The highest BCUT2D eigenvalue weighted by molar-refractivity contribution is 6.34. The smallest absolute Gasteiger partial charge is 0.338 e. The lowest BCUT2D eigenvalue weighted by molar-refractivity contribution is 0.0474. The Bertz CT molecular complexity index is 1320. The van der Waals surface area contributed by atoms with E-state index in [1.54, 1.807) is 30.3 Å². The van der Waals surface area contributed by atoms with E-state index < -0.39 is 24.4 Å². The Morgan fingerprint density at radius 3 is 2.21 bits per heavy atom. The molecule has 8 heteroatoms. The molecular weight excluding hydrogens is 436 g/mol. The number of aromatic nitrogens is 1. The molecule has 0 radical (unpaired) electrons. The van der Waals surface area contributed by atoms with Crippen molar-refractivity contribution >= 4 is 29.3 Å². The largest absolute Gasteiger partial charge is 0.494 e. The van der Waals surface area contributed by atoms with Gasteiger partial charge in [0, 0.05) is 24.0 Å². The molecule has 2 heterocycles. The van der Waals surface area contributed by atoms with Gasteiger partial charge in [-0.05, 0) is 69.3 Å². The number of aryl methyl sites for hydroxylation is 1. The van der Waals surface area contributed by atoms with E-state index in [0.717, 1.165) is 16.3 Å². The van der Waals surface area contributed by atoms with Crippen LogP contribution in [0.15, 0.2) is 48.5 Å². The molecule has 1 aliphatic heterocycles. The molecule has 0 N–H and O–H groups in total. The van der Waals surface area contributed by atoms with Crippen molar-refractivity contribution in [2.24, 2.45) is 7.05 Å². The Kier molecular flexibility index (Phi) is 6.06. The zero-order chi connectivity index (χ0) is 24.6. The summed E-state index contributed by atoms with van der Waals surface area (Å²) >= 11 is 0. The molecule has 2 aromatic carbocycles. The maximum atomic E-state index is 13.0. The van der Waals surface area contributed by atoms with Crippen LogP contribution in [0, 0.1) is 13.8 Å². The van der Waals surface area contributed by atoms with Crippen LogP contribution >= 0.6 is 0 Å². The number of carbonyl (C=O) groups excluding carboxylic acids is 4. The van der Waals surface area contributed by atoms with Gasteiger partial charge in [0.25, 0.3) is 11.8 Å². The SMILES string of the molecule is CCOc1ccc(N2C(=O)c3ccc(C(=O)OCC(=O)c4cc(C)n(C)c4C)cc3C2=O)cc1. The summed E-state index contributed by atoms with van der Waals surface area (Å²) < 4.78 is 12.5. The Balaban J connectivity index is 1.49. The van der Waals surface area contributed by atoms with Crippen LogP contribution in [0.2, 0.25) is 0 Å². The fourth-order valence-corrected chi connectivity index (χ4v) is 3.89. The van der Waals surface area contributed by atoms with Crippen LogP contribution in [0.1, 0.15) is 59.7 Å². The maximum absolute atomic E-state index is 13.0. The second-order valence-electron chi connectivity index (χ2n) is 7.98. The van der Waals surface area contributed by atoms with E-state index in [-0.39, 0.29) is 22.5 Å². The summed E-state index contributed by atoms with van der Waals surface area (Å²) in [7, 11) is 1.85. The highest BCUT2D eigenvalue weighted by Gasteiger charge is 2.37. The van der Waals surface area contributed by atoms with Crippen molar-refractivity contribution in [3.8, 4) is 5.75 Å². The maximum Gasteiger partial charge on any atom is 0.338 e. The van der Waals surface area contributed by atoms with E-state index in [1.165, 1.54) is 18.2 Å². The number of Topliss-reactive ketones (excluding diaryl/α,β-unsaturated/α-hetero) is 1. The van der Waals surface area contributed by atoms with Crippen molar-refractivity contribution in [1.82, 2.24) is 4.57 Å². The molecule has 0 unspecified atom stereocenters. The van der Waals surface area contributed by atoms with E-state index in [1.807, 2.05) is 32.4 Å². The molecule has 34 heavy (non-hydrogen) atoms. The van der Waals surface area contributed by atoms with Gasteiger partial charge in [0.15, 0.2) is 6.61 Å². The van der Waals surface area contributed by atoms with Crippen LogP contribution in [-0.2, 0) is 11.8 Å². The standard InChI is InChI=1S/C26H24N2O6/c1-5-33-19-9-7-18(8-10-19)28-24(30)20-11-6-17(13-22(20)25(28)31)26(32)34-14-23(29)21-12-15(2)27(4)16(21)3/h6-13H,5,14H2,1-4H3. The van der Waals surface area contributed by atoms with Crippen LogP contribution in [0.25, 0.3) is 0 Å². The summed E-state index contributed by atoms with van der Waals surface area (Å²) in [5, 5.41) is 0. The molecule has 0 bridgehead atoms. The number of hydrogen-bond acceptors (Lipinski definition) is 6. The minimum atomic E-state index is -0.749. The van der Waals surface area contributed by atoms with Gasteiger partial charge in [0.05, 0.1) is 29.0 Å². The first kappa shape index (κ1) is 23.0. The van der Waals surface area contributed by atoms with Crippen molar-refractivity contribution in [3.05, 3.63) is 82.2 Å². The third-order valence-electron chi connectivity index (χ3n) is 5.94. The quantitative estimate of drug-likeness (QED) is 0.302. The van der Waals surface area contributed by atoms with E-state index in [4.69, 9.17) is 9.47 Å². The number of ether oxygens (including phenoxy) is 2. The summed E-state index contributed by atoms with van der Waals surface area (Å²) in [4.78, 5) is 52.0. The molecule has 1 aliphatic rings. The number of rotatable bonds is 7. The lowest BCUT2D eigenvalue weighted by Gasteiger charge is -2.14. The van der Waals surface area contributed by atoms with Crippen molar-refractivity contribution in [2.45, 2.75) is 20.8 Å². The molecule has 0 spiro atoms. The first-order valence-electron chi connectivity index (χ1n) is 10.8. The highest BCUT2D eigenvalue weighted by atomic mass is 16.5. The van der Waals surface area contributed by atoms with E-state index >= 15 is 0 Å². The second-order valence-corrected chi connectivity index (χ2v) is 7.98. The van der Waals surface area contributed by atoms with E-state index in [0.29, 0.717) is 23.6 Å². The molecule has 1 aromatic heterocycles. The van der Waals surface area contributed by atoms with Gasteiger partial charge in [-0.25, -0.2) is 9.69 Å². The molecule has 2 amide bonds. The van der Waals surface area contributed by atoms with Gasteiger partial charge in [-0.2, -0.15) is 0 Å². The minimum absolute atomic E-state index is 0.0854. The average Bonchev–Trinajstić information content (AvgIpc) is 3.24. The Morgan fingerprint density at radius 2 is 1.59 bits per heavy atom. The van der Waals surface area contributed by atoms with Gasteiger partial charge in [0.1, 0.15) is 5.75 Å². The van der Waals surface area contributed by atoms with Crippen molar-refractivity contribution in [2.75, 3.05) is 18.1 Å². The minimum Gasteiger partial charge on any atom is -0.494 e. The van der Waals surface area contributed by atoms with Gasteiger partial charge in [-0.3, -0.25) is 14.4 Å². The van der Waals surface area contributed by atoms with Crippen LogP contribution in [0.3, 0.4) is 0 Å². The summed E-state index contributed by atoms with van der Waals surface area (Å²) in [6, 6.07) is 12.5. The molecule has 174 valence electrons. The molecule has 0 aliphatic carbocycles. The van der Waals surface area contributed by atoms with Crippen LogP contribution in [0.5, 0.6) is 5.75 Å². The zero-order valence-corrected chi connectivity index (χ0v) is 19.4. The summed E-state index contributed by atoms with van der Waals surface area (Å²) in [6.07, 6.45) is 0. The predicted molar refractivity (Wildman–Crippen MR) is 125 cm³/mol. The molecule has 0 saturated carbocycles. The van der Waals surface area contributed by atoms with E-state index in [9.17, 15) is 19.2 Å². The number of ketones is 1. The first-order chi connectivity index (χ1) is 16.2. The number of nitrogens with zero attached hydrogens (tertiary/aromatic N) is 2. The van der Waals surface area contributed by atoms with Crippen LogP contribution in [-0.4, -0.2) is 41.3 Å². The predicted octanol–water partition coefficient (Wildman–Crippen LogP) is 3.88. The molecular formula is C26H24N2O6. The van der Waals surface area contributed by atoms with Gasteiger partial charge in [-0.15, -0.1) is 0 Å². The van der Waals surface area contributed by atoms with Crippen molar-refractivity contribution in [3.63, 3.8) is 0 Å². The Morgan fingerprint density at radius 1 is 0.912 bits per heavy atom. The Labute approximate surface area is 196 Å². The molecule has 0 fully saturated rings. The summed E-state index contributed by atoms with van der Waals surface area (Å²) in [6.45, 7) is 5.64. The van der Waals surface area contributed by atoms with Crippen molar-refractivity contribution < 1.29 is 28.7 Å². The Hall–Kier alpha value is -4.20. The second kappa shape index (κ2) is 8.97. The highest BCUT2D eigenvalue weighted by Crippen LogP contribution is 2.30. The molecule has 0 atom stereocenters. The average molecular weight is 460 g/mol. The summed E-state index contributed by atoms with van der Waals surface area (Å²) in [5.74, 6) is -1.45.